The van der Waals surface area contributed by atoms with Crippen molar-refractivity contribution in [3.63, 3.8) is 0 Å². The van der Waals surface area contributed by atoms with Crippen LogP contribution in [-0.2, 0) is 6.42 Å². The molecule has 0 aliphatic heterocycles. The molecule has 1 N–H and O–H groups in total. The molecule has 0 unspecified atom stereocenters. The number of thioether (sulfide) groups is 1. The van der Waals surface area contributed by atoms with E-state index in [1.807, 2.05) is 36.2 Å². The highest BCUT2D eigenvalue weighted by molar-refractivity contribution is 7.99. The highest BCUT2D eigenvalue weighted by atomic mass is 32.2. The van der Waals surface area contributed by atoms with E-state index in [0.717, 1.165) is 30.2 Å². The number of aliphatic imine (C=N–C) groups is 1. The monoisotopic (exact) mass is 316 g/mol. The van der Waals surface area contributed by atoms with Gasteiger partial charge in [-0.05, 0) is 42.5 Å². The van der Waals surface area contributed by atoms with Gasteiger partial charge in [0.25, 0.3) is 0 Å². The fourth-order valence-electron chi connectivity index (χ4n) is 1.87. The first-order chi connectivity index (χ1) is 10.8. The van der Waals surface area contributed by atoms with E-state index in [4.69, 9.17) is 4.74 Å². The molecule has 0 saturated heterocycles. The van der Waals surface area contributed by atoms with E-state index in [1.54, 1.807) is 31.5 Å². The summed E-state index contributed by atoms with van der Waals surface area (Å²) < 4.78 is 5.13. The van der Waals surface area contributed by atoms with Crippen molar-refractivity contribution in [3.05, 3.63) is 53.9 Å². The van der Waals surface area contributed by atoms with Gasteiger partial charge in [0.15, 0.2) is 0 Å². The Morgan fingerprint density at radius 1 is 1.27 bits per heavy atom. The van der Waals surface area contributed by atoms with Crippen molar-refractivity contribution in [1.82, 2.24) is 4.98 Å². The van der Waals surface area contributed by atoms with Gasteiger partial charge < -0.3 is 9.84 Å². The van der Waals surface area contributed by atoms with Crippen molar-refractivity contribution in [2.24, 2.45) is 4.99 Å². The lowest BCUT2D eigenvalue weighted by atomic mass is 10.2. The number of rotatable bonds is 8. The standard InChI is InChI=1S/C17H20N2O2S/c1-21-16-5-6-17(20)14(12-16)13-18-9-11-22-10-7-15-4-2-3-8-19-15/h2-6,8,12-13,20H,7,9-11H2,1H3. The van der Waals surface area contributed by atoms with Crippen LogP contribution in [0.4, 0.5) is 0 Å². The van der Waals surface area contributed by atoms with Gasteiger partial charge in [-0.1, -0.05) is 6.07 Å². The van der Waals surface area contributed by atoms with Crippen molar-refractivity contribution in [3.8, 4) is 11.5 Å². The average molecular weight is 316 g/mol. The zero-order valence-corrected chi connectivity index (χ0v) is 13.4. The Hall–Kier alpha value is -2.01. The van der Waals surface area contributed by atoms with E-state index >= 15 is 0 Å². The van der Waals surface area contributed by atoms with E-state index < -0.39 is 0 Å². The third kappa shape index (κ3) is 5.41. The van der Waals surface area contributed by atoms with Gasteiger partial charge in [-0.15, -0.1) is 0 Å². The summed E-state index contributed by atoms with van der Waals surface area (Å²) in [5.74, 6) is 2.92. The van der Waals surface area contributed by atoms with Crippen LogP contribution in [0.3, 0.4) is 0 Å². The van der Waals surface area contributed by atoms with Gasteiger partial charge in [-0.25, -0.2) is 0 Å². The molecule has 0 bridgehead atoms. The van der Waals surface area contributed by atoms with Crippen molar-refractivity contribution in [1.29, 1.82) is 0 Å². The first kappa shape index (κ1) is 16.4. The molecule has 1 aromatic heterocycles. The predicted molar refractivity (Wildman–Crippen MR) is 92.4 cm³/mol. The first-order valence-electron chi connectivity index (χ1n) is 7.14. The van der Waals surface area contributed by atoms with Crippen LogP contribution in [-0.4, -0.2) is 41.5 Å². The molecule has 0 atom stereocenters. The zero-order valence-electron chi connectivity index (χ0n) is 12.6. The zero-order chi connectivity index (χ0) is 15.6. The van der Waals surface area contributed by atoms with E-state index in [0.29, 0.717) is 11.3 Å². The number of pyridine rings is 1. The molecule has 0 saturated carbocycles. The summed E-state index contributed by atoms with van der Waals surface area (Å²) in [4.78, 5) is 8.64. The number of hydrogen-bond donors (Lipinski definition) is 1. The summed E-state index contributed by atoms with van der Waals surface area (Å²) >= 11 is 1.85. The van der Waals surface area contributed by atoms with Crippen molar-refractivity contribution < 1.29 is 9.84 Å². The largest absolute Gasteiger partial charge is 0.507 e. The van der Waals surface area contributed by atoms with Crippen molar-refractivity contribution in [2.45, 2.75) is 6.42 Å². The molecule has 5 heteroatoms. The minimum Gasteiger partial charge on any atom is -0.507 e. The van der Waals surface area contributed by atoms with Crippen molar-refractivity contribution in [2.75, 3.05) is 25.2 Å². The fraction of sp³-hybridized carbons (Fsp3) is 0.294. The Kier molecular flexibility index (Phi) is 6.77. The lowest BCUT2D eigenvalue weighted by Gasteiger charge is -2.03. The maximum absolute atomic E-state index is 9.74. The molecule has 0 fully saturated rings. The number of aryl methyl sites for hydroxylation is 1. The summed E-state index contributed by atoms with van der Waals surface area (Å²) in [7, 11) is 1.60. The molecule has 0 amide bonds. The maximum Gasteiger partial charge on any atom is 0.124 e. The second kappa shape index (κ2) is 9.10. The number of aromatic hydroxyl groups is 1. The Morgan fingerprint density at radius 3 is 2.95 bits per heavy atom. The topological polar surface area (TPSA) is 54.7 Å². The molecule has 4 nitrogen and oxygen atoms in total. The first-order valence-corrected chi connectivity index (χ1v) is 8.29. The van der Waals surface area contributed by atoms with E-state index in [9.17, 15) is 5.11 Å². The van der Waals surface area contributed by atoms with Crippen LogP contribution in [0.1, 0.15) is 11.3 Å². The highest BCUT2D eigenvalue weighted by Crippen LogP contribution is 2.21. The second-order valence-corrected chi connectivity index (χ2v) is 5.87. The SMILES string of the molecule is COc1ccc(O)c(C=NCCSCCc2ccccn2)c1. The summed E-state index contributed by atoms with van der Waals surface area (Å²) in [6.07, 6.45) is 4.49. The van der Waals surface area contributed by atoms with E-state index in [1.165, 1.54) is 0 Å². The summed E-state index contributed by atoms with van der Waals surface area (Å²) in [5, 5.41) is 9.74. The van der Waals surface area contributed by atoms with E-state index in [-0.39, 0.29) is 5.75 Å². The van der Waals surface area contributed by atoms with Crippen LogP contribution in [0.2, 0.25) is 0 Å². The molecular weight excluding hydrogens is 296 g/mol. The molecule has 0 radical (unpaired) electrons. The molecule has 116 valence electrons. The number of methoxy groups -OCH3 is 1. The van der Waals surface area contributed by atoms with Gasteiger partial charge >= 0.3 is 0 Å². The van der Waals surface area contributed by atoms with Gasteiger partial charge in [0.1, 0.15) is 11.5 Å². The third-order valence-electron chi connectivity index (χ3n) is 3.06. The van der Waals surface area contributed by atoms with Crippen LogP contribution in [0.25, 0.3) is 0 Å². The fourth-order valence-corrected chi connectivity index (χ4v) is 2.66. The Bertz CT molecular complexity index is 603. The quantitative estimate of drug-likeness (QED) is 0.600. The normalized spacial score (nSPS) is 11.0. The third-order valence-corrected chi connectivity index (χ3v) is 4.02. The summed E-state index contributed by atoms with van der Waals surface area (Å²) in [6.45, 7) is 0.726. The Labute approximate surface area is 135 Å². The van der Waals surface area contributed by atoms with Crippen molar-refractivity contribution >= 4 is 18.0 Å². The van der Waals surface area contributed by atoms with Gasteiger partial charge in [0, 0.05) is 36.0 Å². The lowest BCUT2D eigenvalue weighted by Crippen LogP contribution is -1.95. The number of phenols is 1. The van der Waals surface area contributed by atoms with Gasteiger partial charge in [0.05, 0.1) is 7.11 Å². The highest BCUT2D eigenvalue weighted by Gasteiger charge is 2.00. The summed E-state index contributed by atoms with van der Waals surface area (Å²) in [6, 6.07) is 11.1. The Morgan fingerprint density at radius 2 is 2.18 bits per heavy atom. The van der Waals surface area contributed by atoms with E-state index in [2.05, 4.69) is 9.98 Å². The number of phenolic OH excluding ortho intramolecular Hbond substituents is 1. The molecule has 2 aromatic rings. The molecule has 0 aliphatic rings. The van der Waals surface area contributed by atoms with Crippen LogP contribution in [0.5, 0.6) is 11.5 Å². The smallest absolute Gasteiger partial charge is 0.124 e. The molecule has 22 heavy (non-hydrogen) atoms. The molecule has 2 rings (SSSR count). The number of aromatic nitrogens is 1. The number of ether oxygens (including phenoxy) is 1. The number of nitrogens with zero attached hydrogens (tertiary/aromatic N) is 2. The minimum absolute atomic E-state index is 0.215. The average Bonchev–Trinajstić information content (AvgIpc) is 2.56. The van der Waals surface area contributed by atoms with Gasteiger partial charge in [-0.2, -0.15) is 11.8 Å². The molecule has 0 aliphatic carbocycles. The van der Waals surface area contributed by atoms with Crippen LogP contribution >= 0.6 is 11.8 Å². The lowest BCUT2D eigenvalue weighted by molar-refractivity contribution is 0.412. The van der Waals surface area contributed by atoms with Crippen LogP contribution < -0.4 is 4.74 Å². The minimum atomic E-state index is 0.215. The predicted octanol–water partition coefficient (Wildman–Crippen LogP) is 3.19. The van der Waals surface area contributed by atoms with Gasteiger partial charge in [-0.3, -0.25) is 9.98 Å². The number of hydrogen-bond acceptors (Lipinski definition) is 5. The molecule has 1 aromatic carbocycles. The molecular formula is C17H20N2O2S. The van der Waals surface area contributed by atoms with Gasteiger partial charge in [0.2, 0.25) is 0 Å². The maximum atomic E-state index is 9.74. The molecule has 0 spiro atoms. The second-order valence-electron chi connectivity index (χ2n) is 4.64. The number of benzene rings is 1. The Balaban J connectivity index is 1.68. The summed E-state index contributed by atoms with van der Waals surface area (Å²) in [5.41, 5.74) is 1.80. The van der Waals surface area contributed by atoms with Crippen LogP contribution in [0.15, 0.2) is 47.6 Å². The molecule has 1 heterocycles. The van der Waals surface area contributed by atoms with Crippen LogP contribution in [0, 0.1) is 0 Å².